The van der Waals surface area contributed by atoms with Gasteiger partial charge in [0.2, 0.25) is 0 Å². The Bertz CT molecular complexity index is 1320. The number of fused-ring (bicyclic) bond motifs is 1. The lowest BCUT2D eigenvalue weighted by atomic mass is 10.1. The van der Waals surface area contributed by atoms with E-state index in [0.29, 0.717) is 43.4 Å². The van der Waals surface area contributed by atoms with Gasteiger partial charge in [-0.1, -0.05) is 18.2 Å². The molecule has 5 rings (SSSR count). The fourth-order valence-corrected chi connectivity index (χ4v) is 6.20. The number of carbonyl (C=O) groups excluding carboxylic acids is 2. The van der Waals surface area contributed by atoms with Crippen molar-refractivity contribution < 1.29 is 22.7 Å². The highest BCUT2D eigenvalue weighted by Crippen LogP contribution is 2.29. The molecule has 4 heterocycles. The zero-order valence-corrected chi connectivity index (χ0v) is 19.2. The highest BCUT2D eigenvalue weighted by atomic mass is 32.2. The molecule has 0 radical (unpaired) electrons. The Balaban J connectivity index is 1.43. The predicted octanol–water partition coefficient (Wildman–Crippen LogP) is 1.91. The molecule has 0 saturated carbocycles. The third kappa shape index (κ3) is 4.56. The van der Waals surface area contributed by atoms with Crippen LogP contribution in [0.2, 0.25) is 0 Å². The summed E-state index contributed by atoms with van der Waals surface area (Å²) in [6.45, 7) is 2.32. The molecule has 2 aliphatic heterocycles. The Morgan fingerprint density at radius 3 is 2.64 bits per heavy atom. The van der Waals surface area contributed by atoms with Crippen molar-refractivity contribution in [1.82, 2.24) is 10.3 Å². The average molecular weight is 487 g/mol. The van der Waals surface area contributed by atoms with Gasteiger partial charge in [-0.25, -0.2) is 13.4 Å². The quantitative estimate of drug-likeness (QED) is 0.566. The molecule has 3 aromatic rings. The minimum absolute atomic E-state index is 0.0626. The molecule has 2 fully saturated rings. The Labute approximate surface area is 194 Å². The molecular formula is C22H22N4O5S2. The van der Waals surface area contributed by atoms with Gasteiger partial charge in [0, 0.05) is 34.8 Å². The van der Waals surface area contributed by atoms with Crippen molar-refractivity contribution in [3.63, 3.8) is 0 Å². The van der Waals surface area contributed by atoms with E-state index in [1.807, 2.05) is 34.5 Å². The van der Waals surface area contributed by atoms with Crippen LogP contribution in [0.4, 0.5) is 11.5 Å². The first kappa shape index (κ1) is 21.8. The summed E-state index contributed by atoms with van der Waals surface area (Å²) in [6.07, 6.45) is 1.45. The van der Waals surface area contributed by atoms with Crippen LogP contribution in [0.15, 0.2) is 41.9 Å². The maximum absolute atomic E-state index is 13.2. The van der Waals surface area contributed by atoms with Crippen molar-refractivity contribution in [3.05, 3.63) is 53.0 Å². The van der Waals surface area contributed by atoms with Gasteiger partial charge in [0.05, 0.1) is 47.6 Å². The lowest BCUT2D eigenvalue weighted by Gasteiger charge is -2.30. The van der Waals surface area contributed by atoms with Crippen LogP contribution in [0.5, 0.6) is 0 Å². The van der Waals surface area contributed by atoms with Gasteiger partial charge in [-0.05, 0) is 12.1 Å². The number of nitrogens with one attached hydrogen (secondary N) is 2. The summed E-state index contributed by atoms with van der Waals surface area (Å²) < 4.78 is 29.2. The molecule has 2 aliphatic rings. The first-order valence-electron chi connectivity index (χ1n) is 10.5. The zero-order chi connectivity index (χ0) is 23.0. The van der Waals surface area contributed by atoms with E-state index in [9.17, 15) is 18.0 Å². The van der Waals surface area contributed by atoms with Gasteiger partial charge in [0.1, 0.15) is 0 Å². The SMILES string of the molecule is O=C(NC1CS(=O)(=O)C1)c1cnc(N2CCOCC2)c(NC(=O)c2csc3ccccc23)c1. The van der Waals surface area contributed by atoms with Gasteiger partial charge in [-0.15, -0.1) is 11.3 Å². The van der Waals surface area contributed by atoms with Crippen molar-refractivity contribution >= 4 is 54.6 Å². The van der Waals surface area contributed by atoms with Crippen molar-refractivity contribution in [1.29, 1.82) is 0 Å². The Hall–Kier alpha value is -3.02. The Morgan fingerprint density at radius 1 is 1.12 bits per heavy atom. The molecule has 0 spiro atoms. The zero-order valence-electron chi connectivity index (χ0n) is 17.6. The smallest absolute Gasteiger partial charge is 0.257 e. The van der Waals surface area contributed by atoms with Crippen LogP contribution in [0.3, 0.4) is 0 Å². The number of sulfone groups is 1. The van der Waals surface area contributed by atoms with Crippen molar-refractivity contribution in [3.8, 4) is 0 Å². The molecule has 0 bridgehead atoms. The number of nitrogens with zero attached hydrogens (tertiary/aromatic N) is 2. The lowest BCUT2D eigenvalue weighted by Crippen LogP contribution is -2.52. The molecule has 0 unspecified atom stereocenters. The number of rotatable bonds is 5. The number of aromatic nitrogens is 1. The molecule has 2 aromatic heterocycles. The standard InChI is InChI=1S/C22H22N4O5S2/c27-21(24-15-12-33(29,30)13-15)14-9-18(20(23-10-14)26-5-7-31-8-6-26)25-22(28)17-11-32-19-4-2-1-3-16(17)19/h1-4,9-11,15H,5-8,12-13H2,(H,24,27)(H,25,28). The number of anilines is 2. The summed E-state index contributed by atoms with van der Waals surface area (Å²) in [5.74, 6) is -0.271. The summed E-state index contributed by atoms with van der Waals surface area (Å²) in [4.78, 5) is 32.3. The van der Waals surface area contributed by atoms with Crippen LogP contribution in [0.25, 0.3) is 10.1 Å². The number of amides is 2. The predicted molar refractivity (Wildman–Crippen MR) is 127 cm³/mol. The van der Waals surface area contributed by atoms with E-state index in [1.54, 1.807) is 6.07 Å². The van der Waals surface area contributed by atoms with Crippen LogP contribution < -0.4 is 15.5 Å². The second-order valence-electron chi connectivity index (χ2n) is 8.04. The number of benzene rings is 1. The Morgan fingerprint density at radius 2 is 1.88 bits per heavy atom. The van der Waals surface area contributed by atoms with Crippen molar-refractivity contribution in [2.45, 2.75) is 6.04 Å². The second-order valence-corrected chi connectivity index (χ2v) is 11.1. The number of morpholine rings is 1. The van der Waals surface area contributed by atoms with Crippen molar-refractivity contribution in [2.24, 2.45) is 0 Å². The van der Waals surface area contributed by atoms with Crippen LogP contribution in [0, 0.1) is 0 Å². The van der Waals surface area contributed by atoms with E-state index < -0.39 is 21.8 Å². The molecule has 0 aliphatic carbocycles. The highest BCUT2D eigenvalue weighted by molar-refractivity contribution is 7.92. The fourth-order valence-electron chi connectivity index (χ4n) is 3.96. The summed E-state index contributed by atoms with van der Waals surface area (Å²) in [5, 5.41) is 8.33. The maximum atomic E-state index is 13.2. The van der Waals surface area contributed by atoms with Gasteiger partial charge < -0.3 is 20.3 Å². The topological polar surface area (TPSA) is 118 Å². The number of hydrogen-bond acceptors (Lipinski definition) is 8. The highest BCUT2D eigenvalue weighted by Gasteiger charge is 2.34. The molecule has 2 amide bonds. The Kier molecular flexibility index (Phi) is 5.77. The molecule has 1 aromatic carbocycles. The third-order valence-corrected chi connectivity index (χ3v) is 8.44. The van der Waals surface area contributed by atoms with Crippen LogP contribution in [-0.2, 0) is 14.6 Å². The first-order chi connectivity index (χ1) is 15.9. The normalized spacial score (nSPS) is 18.0. The molecular weight excluding hydrogens is 464 g/mol. The monoisotopic (exact) mass is 486 g/mol. The molecule has 172 valence electrons. The van der Waals surface area contributed by atoms with Crippen LogP contribution in [0.1, 0.15) is 20.7 Å². The van der Waals surface area contributed by atoms with E-state index in [2.05, 4.69) is 15.6 Å². The van der Waals surface area contributed by atoms with Crippen molar-refractivity contribution in [2.75, 3.05) is 48.0 Å². The van der Waals surface area contributed by atoms with E-state index in [-0.39, 0.29) is 23.0 Å². The van der Waals surface area contributed by atoms with Crippen LogP contribution in [-0.4, -0.2) is 69.1 Å². The van der Waals surface area contributed by atoms with Gasteiger partial charge in [-0.2, -0.15) is 0 Å². The van der Waals surface area contributed by atoms with E-state index in [1.165, 1.54) is 17.5 Å². The number of ether oxygens (including phenoxy) is 1. The molecule has 33 heavy (non-hydrogen) atoms. The number of thiophene rings is 1. The summed E-state index contributed by atoms with van der Waals surface area (Å²) in [6, 6.07) is 8.86. The number of hydrogen-bond donors (Lipinski definition) is 2. The van der Waals surface area contributed by atoms with E-state index in [0.717, 1.165) is 10.1 Å². The first-order valence-corrected chi connectivity index (χ1v) is 13.2. The van der Waals surface area contributed by atoms with Gasteiger partial charge in [-0.3, -0.25) is 9.59 Å². The van der Waals surface area contributed by atoms with Gasteiger partial charge in [0.25, 0.3) is 11.8 Å². The average Bonchev–Trinajstić information content (AvgIpc) is 3.23. The molecule has 2 N–H and O–H groups in total. The summed E-state index contributed by atoms with van der Waals surface area (Å²) in [7, 11) is -3.05. The molecule has 11 heteroatoms. The van der Waals surface area contributed by atoms with Gasteiger partial charge in [0.15, 0.2) is 15.7 Å². The van der Waals surface area contributed by atoms with E-state index >= 15 is 0 Å². The minimum Gasteiger partial charge on any atom is -0.378 e. The summed E-state index contributed by atoms with van der Waals surface area (Å²) in [5.41, 5.74) is 1.23. The maximum Gasteiger partial charge on any atom is 0.257 e. The number of carbonyl (C=O) groups is 2. The largest absolute Gasteiger partial charge is 0.378 e. The minimum atomic E-state index is -3.05. The molecule has 9 nitrogen and oxygen atoms in total. The number of pyridine rings is 1. The van der Waals surface area contributed by atoms with E-state index in [4.69, 9.17) is 4.74 Å². The lowest BCUT2D eigenvalue weighted by molar-refractivity contribution is 0.0940. The van der Waals surface area contributed by atoms with Gasteiger partial charge >= 0.3 is 0 Å². The third-order valence-electron chi connectivity index (χ3n) is 5.66. The van der Waals surface area contributed by atoms with Crippen LogP contribution >= 0.6 is 11.3 Å². The second kappa shape index (κ2) is 8.73. The fraction of sp³-hybridized carbons (Fsp3) is 0.318. The summed E-state index contributed by atoms with van der Waals surface area (Å²) >= 11 is 1.49. The molecule has 0 atom stereocenters. The molecule has 2 saturated heterocycles.